The first-order valence-corrected chi connectivity index (χ1v) is 7.77. The molecule has 0 aromatic heterocycles. The van der Waals surface area contributed by atoms with E-state index in [2.05, 4.69) is 17.6 Å². The maximum Gasteiger partial charge on any atom is 0.227 e. The molecule has 0 radical (unpaired) electrons. The Labute approximate surface area is 127 Å². The van der Waals surface area contributed by atoms with Gasteiger partial charge in [-0.15, -0.1) is 0 Å². The summed E-state index contributed by atoms with van der Waals surface area (Å²) in [5.74, 6) is 0.0278. The van der Waals surface area contributed by atoms with Crippen LogP contribution in [0.3, 0.4) is 0 Å². The molecule has 4 nitrogen and oxygen atoms in total. The minimum Gasteiger partial charge on any atom is -0.383 e. The van der Waals surface area contributed by atoms with Crippen molar-refractivity contribution in [2.75, 3.05) is 26.8 Å². The minimum atomic E-state index is -0.0978. The number of hydrogen-bond donors (Lipinski definition) is 2. The van der Waals surface area contributed by atoms with Gasteiger partial charge in [0.05, 0.1) is 18.1 Å². The van der Waals surface area contributed by atoms with Crippen molar-refractivity contribution in [3.63, 3.8) is 0 Å². The molecule has 1 aromatic carbocycles. The van der Waals surface area contributed by atoms with Crippen molar-refractivity contribution in [2.24, 2.45) is 0 Å². The van der Waals surface area contributed by atoms with Crippen LogP contribution < -0.4 is 10.6 Å². The van der Waals surface area contributed by atoms with Crippen LogP contribution in [0.15, 0.2) is 30.3 Å². The highest BCUT2D eigenvalue weighted by Crippen LogP contribution is 2.22. The van der Waals surface area contributed by atoms with E-state index in [1.165, 1.54) is 0 Å². The number of carbonyl (C=O) groups excluding carboxylic acids is 1. The van der Waals surface area contributed by atoms with Crippen LogP contribution in [-0.4, -0.2) is 38.3 Å². The monoisotopic (exact) mass is 290 g/mol. The van der Waals surface area contributed by atoms with Crippen molar-refractivity contribution >= 4 is 5.91 Å². The number of benzene rings is 1. The van der Waals surface area contributed by atoms with Gasteiger partial charge in [-0.1, -0.05) is 37.3 Å². The molecule has 2 atom stereocenters. The van der Waals surface area contributed by atoms with E-state index >= 15 is 0 Å². The van der Waals surface area contributed by atoms with Gasteiger partial charge in [0, 0.05) is 13.7 Å². The first-order valence-electron chi connectivity index (χ1n) is 7.77. The Balaban J connectivity index is 1.96. The third kappa shape index (κ3) is 4.05. The Bertz CT molecular complexity index is 441. The summed E-state index contributed by atoms with van der Waals surface area (Å²) in [6, 6.07) is 9.98. The van der Waals surface area contributed by atoms with E-state index < -0.39 is 0 Å². The van der Waals surface area contributed by atoms with Crippen LogP contribution in [0.2, 0.25) is 0 Å². The molecule has 0 bridgehead atoms. The fourth-order valence-corrected chi connectivity index (χ4v) is 3.11. The number of methoxy groups -OCH3 is 1. The fraction of sp³-hybridized carbons (Fsp3) is 0.588. The van der Waals surface area contributed by atoms with Gasteiger partial charge < -0.3 is 15.4 Å². The fourth-order valence-electron chi connectivity index (χ4n) is 3.11. The van der Waals surface area contributed by atoms with Crippen LogP contribution in [0.5, 0.6) is 0 Å². The molecule has 0 aliphatic carbocycles. The summed E-state index contributed by atoms with van der Waals surface area (Å²) in [5.41, 5.74) is 0.983. The molecule has 1 aliphatic heterocycles. The van der Waals surface area contributed by atoms with Crippen LogP contribution in [0.25, 0.3) is 0 Å². The highest BCUT2D eigenvalue weighted by atomic mass is 16.5. The Morgan fingerprint density at radius 1 is 1.43 bits per heavy atom. The smallest absolute Gasteiger partial charge is 0.227 e. The summed E-state index contributed by atoms with van der Waals surface area (Å²) >= 11 is 0. The number of rotatable bonds is 7. The van der Waals surface area contributed by atoms with Gasteiger partial charge in [0.2, 0.25) is 5.91 Å². The molecular formula is C17H26N2O2. The molecule has 1 fully saturated rings. The minimum absolute atomic E-state index is 0.0767. The summed E-state index contributed by atoms with van der Waals surface area (Å²) in [6.07, 6.45) is 2.99. The Morgan fingerprint density at radius 2 is 2.19 bits per heavy atom. The summed E-state index contributed by atoms with van der Waals surface area (Å²) in [5, 5.41) is 6.60. The zero-order chi connectivity index (χ0) is 15.1. The van der Waals surface area contributed by atoms with Gasteiger partial charge in [-0.2, -0.15) is 0 Å². The average molecular weight is 290 g/mol. The molecule has 0 saturated carbocycles. The molecule has 116 valence electrons. The molecule has 2 rings (SSSR count). The molecular weight excluding hydrogens is 264 g/mol. The van der Waals surface area contributed by atoms with E-state index in [1.54, 1.807) is 7.11 Å². The topological polar surface area (TPSA) is 50.4 Å². The summed E-state index contributed by atoms with van der Waals surface area (Å²) in [7, 11) is 1.71. The van der Waals surface area contributed by atoms with Crippen molar-refractivity contribution in [3.05, 3.63) is 35.9 Å². The van der Waals surface area contributed by atoms with Crippen LogP contribution in [0.4, 0.5) is 0 Å². The number of nitrogens with one attached hydrogen (secondary N) is 2. The van der Waals surface area contributed by atoms with Gasteiger partial charge >= 0.3 is 0 Å². The lowest BCUT2D eigenvalue weighted by Crippen LogP contribution is -2.53. The lowest BCUT2D eigenvalue weighted by atomic mass is 9.94. The Morgan fingerprint density at radius 3 is 2.76 bits per heavy atom. The van der Waals surface area contributed by atoms with Crippen LogP contribution >= 0.6 is 0 Å². The number of ether oxygens (including phenoxy) is 1. The molecule has 1 saturated heterocycles. The van der Waals surface area contributed by atoms with E-state index in [4.69, 9.17) is 4.74 Å². The second-order valence-electron chi connectivity index (χ2n) is 5.83. The van der Waals surface area contributed by atoms with E-state index in [0.717, 1.165) is 31.4 Å². The Kier molecular flexibility index (Phi) is 5.76. The highest BCUT2D eigenvalue weighted by molar-refractivity contribution is 5.83. The SMILES string of the molecule is CCC(C(=O)NCC1(COC)CCCN1)c1ccccc1. The molecule has 4 heteroatoms. The van der Waals surface area contributed by atoms with E-state index in [1.807, 2.05) is 30.3 Å². The summed E-state index contributed by atoms with van der Waals surface area (Å²) < 4.78 is 5.32. The van der Waals surface area contributed by atoms with Crippen LogP contribution in [-0.2, 0) is 9.53 Å². The second kappa shape index (κ2) is 7.57. The van der Waals surface area contributed by atoms with Crippen molar-refractivity contribution in [2.45, 2.75) is 37.6 Å². The highest BCUT2D eigenvalue weighted by Gasteiger charge is 2.34. The maximum atomic E-state index is 12.5. The van der Waals surface area contributed by atoms with Gasteiger partial charge in [0.25, 0.3) is 0 Å². The van der Waals surface area contributed by atoms with Crippen LogP contribution in [0.1, 0.15) is 37.7 Å². The van der Waals surface area contributed by atoms with Gasteiger partial charge in [-0.25, -0.2) is 0 Å². The Hall–Kier alpha value is -1.39. The first kappa shape index (κ1) is 16.0. The predicted molar refractivity (Wildman–Crippen MR) is 84.3 cm³/mol. The summed E-state index contributed by atoms with van der Waals surface area (Å²) in [4.78, 5) is 12.5. The van der Waals surface area contributed by atoms with Gasteiger partial charge in [0.15, 0.2) is 0 Å². The van der Waals surface area contributed by atoms with Crippen molar-refractivity contribution in [3.8, 4) is 0 Å². The number of amides is 1. The zero-order valence-corrected chi connectivity index (χ0v) is 13.0. The van der Waals surface area contributed by atoms with Crippen molar-refractivity contribution in [1.29, 1.82) is 0 Å². The molecule has 2 unspecified atom stereocenters. The quantitative estimate of drug-likeness (QED) is 0.808. The lowest BCUT2D eigenvalue weighted by Gasteiger charge is -2.29. The van der Waals surface area contributed by atoms with Crippen LogP contribution in [0, 0.1) is 0 Å². The largest absolute Gasteiger partial charge is 0.383 e. The third-order valence-electron chi connectivity index (χ3n) is 4.28. The van der Waals surface area contributed by atoms with Gasteiger partial charge in [0.1, 0.15) is 0 Å². The third-order valence-corrected chi connectivity index (χ3v) is 4.28. The maximum absolute atomic E-state index is 12.5. The van der Waals surface area contributed by atoms with E-state index in [-0.39, 0.29) is 17.4 Å². The molecule has 1 heterocycles. The van der Waals surface area contributed by atoms with Crippen molar-refractivity contribution < 1.29 is 9.53 Å². The van der Waals surface area contributed by atoms with Crippen molar-refractivity contribution in [1.82, 2.24) is 10.6 Å². The van der Waals surface area contributed by atoms with E-state index in [0.29, 0.717) is 13.2 Å². The first-order chi connectivity index (χ1) is 10.2. The molecule has 1 aliphatic rings. The summed E-state index contributed by atoms with van der Waals surface area (Å²) in [6.45, 7) is 4.31. The lowest BCUT2D eigenvalue weighted by molar-refractivity contribution is -0.123. The normalized spacial score (nSPS) is 23.0. The van der Waals surface area contributed by atoms with Gasteiger partial charge in [-0.05, 0) is 31.4 Å². The predicted octanol–water partition coefficient (Wildman–Crippen LogP) is 2.06. The molecule has 2 N–H and O–H groups in total. The average Bonchev–Trinajstić information content (AvgIpc) is 2.96. The molecule has 21 heavy (non-hydrogen) atoms. The number of carbonyl (C=O) groups is 1. The molecule has 1 amide bonds. The zero-order valence-electron chi connectivity index (χ0n) is 13.0. The molecule has 0 spiro atoms. The number of hydrogen-bond acceptors (Lipinski definition) is 3. The second-order valence-corrected chi connectivity index (χ2v) is 5.83. The standard InChI is InChI=1S/C17H26N2O2/c1-3-15(14-8-5-4-6-9-14)16(20)18-12-17(13-21-2)10-7-11-19-17/h4-6,8-9,15,19H,3,7,10-13H2,1-2H3,(H,18,20). The molecule has 1 aromatic rings. The van der Waals surface area contributed by atoms with E-state index in [9.17, 15) is 4.79 Å². The van der Waals surface area contributed by atoms with Gasteiger partial charge in [-0.3, -0.25) is 4.79 Å².